The summed E-state index contributed by atoms with van der Waals surface area (Å²) in [6.45, 7) is 14.5. The summed E-state index contributed by atoms with van der Waals surface area (Å²) in [6.07, 6.45) is 5.50. The third kappa shape index (κ3) is 19.7. The van der Waals surface area contributed by atoms with Gasteiger partial charge in [0, 0.05) is 64.8 Å². The maximum absolute atomic E-state index is 14.6. The van der Waals surface area contributed by atoms with Gasteiger partial charge < -0.3 is 24.4 Å². The molecule has 0 aliphatic carbocycles. The zero-order chi connectivity index (χ0) is 59.1. The van der Waals surface area contributed by atoms with E-state index in [-0.39, 0.29) is 80.2 Å². The number of amides is 8. The Bertz CT molecular complexity index is 2370. The van der Waals surface area contributed by atoms with Crippen LogP contribution in [0.5, 0.6) is 0 Å². The van der Waals surface area contributed by atoms with Crippen molar-refractivity contribution < 1.29 is 57.4 Å². The molecule has 2 aromatic rings. The highest BCUT2D eigenvalue weighted by atomic mass is 16.5. The number of esters is 1. The van der Waals surface area contributed by atoms with Crippen molar-refractivity contribution in [3.05, 3.63) is 83.9 Å². The number of carbonyl (C=O) groups is 9. The lowest BCUT2D eigenvalue weighted by Crippen LogP contribution is -2.60. The summed E-state index contributed by atoms with van der Waals surface area (Å²) < 4.78 is 17.9. The summed E-state index contributed by atoms with van der Waals surface area (Å²) in [6, 6.07) is 15.3. The highest BCUT2D eigenvalue weighted by Gasteiger charge is 2.44. The summed E-state index contributed by atoms with van der Waals surface area (Å²) >= 11 is 0. The minimum atomic E-state index is -0.981. The maximum atomic E-state index is 14.6. The molecule has 442 valence electrons. The summed E-state index contributed by atoms with van der Waals surface area (Å²) in [7, 11) is 6.66. The quantitative estimate of drug-likeness (QED) is 0.0322. The molecule has 0 unspecified atom stereocenters. The second kappa shape index (κ2) is 33.4. The predicted octanol–water partition coefficient (Wildman–Crippen LogP) is 4.89. The fourth-order valence-corrected chi connectivity index (χ4v) is 11.1. The van der Waals surface area contributed by atoms with Gasteiger partial charge in [0.05, 0.1) is 42.7 Å². The summed E-state index contributed by atoms with van der Waals surface area (Å²) in [5.74, 6) is -4.92. The van der Waals surface area contributed by atoms with Crippen LogP contribution < -0.4 is 21.5 Å². The van der Waals surface area contributed by atoms with Gasteiger partial charge >= 0.3 is 5.97 Å². The standard InChI is InChI=1S/C60H90N8O12/c1-12-41(6)55(66(9)54(40(4)5)59(76)62-58(75)53(39(2)3)65(8)33-23-30-49(70)64-63-48(69)29-20-15-21-34-68-50(71)31-32-51(68)72)47(78-10)37-52(73)67-35-22-28-46(67)56(79-11)42(7)57(74)61-45(36-43-24-16-13-17-25-43)60(77)80-38-44-26-18-14-19-27-44/h13-14,16-19,24-27,31-32,39-42,45-47,53-56H,12,15,20-23,28-30,33-38H2,1-11H3,(H,61,74)(H,63,69)(H,64,70)(H,62,75,76)/t41-,42+,45-,46-,47+,53-,54-,55-,56+/m0/s1. The molecule has 0 radical (unpaired) electrons. The number of unbranched alkanes of at least 4 members (excludes halogenated alkanes) is 2. The lowest BCUT2D eigenvalue weighted by molar-refractivity contribution is -0.150. The second-order valence-corrected chi connectivity index (χ2v) is 22.0. The van der Waals surface area contributed by atoms with Crippen molar-refractivity contribution in [3.8, 4) is 0 Å². The first-order valence-corrected chi connectivity index (χ1v) is 28.4. The third-order valence-corrected chi connectivity index (χ3v) is 15.4. The van der Waals surface area contributed by atoms with Gasteiger partial charge in [-0.15, -0.1) is 0 Å². The smallest absolute Gasteiger partial charge is 0.329 e. The van der Waals surface area contributed by atoms with Gasteiger partial charge in [-0.3, -0.25) is 69.2 Å². The SMILES string of the molecule is CC[C@H](C)[C@@H]([C@@H](CC(=O)N1CCC[C@H]1[C@H](OC)[C@@H](C)C(=O)N[C@@H](Cc1ccccc1)C(=O)OCc1ccccc1)OC)N(C)[C@H](C(=O)NC(=O)[C@H](C(C)C)N(C)CCCC(=O)NNC(=O)CCCCCN1C(=O)C=CC1=O)C(C)C. The highest BCUT2D eigenvalue weighted by molar-refractivity contribution is 6.12. The molecule has 80 heavy (non-hydrogen) atoms. The number of hydrogen-bond donors (Lipinski definition) is 4. The first-order chi connectivity index (χ1) is 38.1. The third-order valence-electron chi connectivity index (χ3n) is 15.4. The fourth-order valence-electron chi connectivity index (χ4n) is 11.1. The molecule has 4 N–H and O–H groups in total. The average molecular weight is 1120 g/mol. The van der Waals surface area contributed by atoms with Crippen LogP contribution in [0.4, 0.5) is 0 Å². The zero-order valence-electron chi connectivity index (χ0n) is 49.1. The van der Waals surface area contributed by atoms with Crippen LogP contribution in [0, 0.1) is 23.7 Å². The number of likely N-dealkylation sites (N-methyl/N-ethyl adjacent to an activating group) is 2. The Morgan fingerprint density at radius 2 is 1.29 bits per heavy atom. The van der Waals surface area contributed by atoms with Crippen molar-refractivity contribution in [2.45, 2.75) is 168 Å². The molecule has 2 aromatic carbocycles. The number of carbonyl (C=O) groups excluding carboxylic acids is 9. The highest BCUT2D eigenvalue weighted by Crippen LogP contribution is 2.31. The van der Waals surface area contributed by atoms with Crippen molar-refractivity contribution in [1.29, 1.82) is 0 Å². The molecule has 2 heterocycles. The van der Waals surface area contributed by atoms with Gasteiger partial charge in [-0.05, 0) is 81.6 Å². The predicted molar refractivity (Wildman–Crippen MR) is 302 cm³/mol. The number of hydrogen-bond acceptors (Lipinski definition) is 14. The number of benzene rings is 2. The van der Waals surface area contributed by atoms with Crippen LogP contribution in [0.15, 0.2) is 72.8 Å². The number of methoxy groups -OCH3 is 2. The van der Waals surface area contributed by atoms with Gasteiger partial charge in [-0.1, -0.05) is 122 Å². The largest absolute Gasteiger partial charge is 0.459 e. The number of nitrogens with one attached hydrogen (secondary N) is 4. The van der Waals surface area contributed by atoms with Crippen molar-refractivity contribution in [2.24, 2.45) is 23.7 Å². The molecule has 4 rings (SSSR count). The Morgan fingerprint density at radius 3 is 1.85 bits per heavy atom. The Kier molecular flexibility index (Phi) is 27.6. The number of nitrogens with zero attached hydrogens (tertiary/aromatic N) is 4. The van der Waals surface area contributed by atoms with Gasteiger partial charge in [0.15, 0.2) is 0 Å². The first-order valence-electron chi connectivity index (χ1n) is 28.4. The molecule has 0 aromatic heterocycles. The molecule has 8 amide bonds. The minimum Gasteiger partial charge on any atom is -0.459 e. The van der Waals surface area contributed by atoms with Gasteiger partial charge in [0.25, 0.3) is 11.8 Å². The molecule has 1 saturated heterocycles. The van der Waals surface area contributed by atoms with E-state index < -0.39 is 77.9 Å². The Hall–Kier alpha value is -6.35. The number of likely N-dealkylation sites (tertiary alicyclic amines) is 1. The van der Waals surface area contributed by atoms with Crippen LogP contribution in [0.3, 0.4) is 0 Å². The molecule has 20 heteroatoms. The molecule has 1 fully saturated rings. The molecule has 2 aliphatic heterocycles. The van der Waals surface area contributed by atoms with Gasteiger partial charge in [-0.25, -0.2) is 4.79 Å². The molecule has 9 atom stereocenters. The van der Waals surface area contributed by atoms with Crippen LogP contribution in [-0.4, -0.2) is 163 Å². The number of ether oxygens (including phenoxy) is 3. The summed E-state index contributed by atoms with van der Waals surface area (Å²) in [5.41, 5.74) is 6.51. The monoisotopic (exact) mass is 1110 g/mol. The lowest BCUT2D eigenvalue weighted by Gasteiger charge is -2.43. The van der Waals surface area contributed by atoms with Gasteiger partial charge in [0.2, 0.25) is 35.4 Å². The molecular weight excluding hydrogens is 1020 g/mol. The number of imide groups is 2. The van der Waals surface area contributed by atoms with Crippen LogP contribution in [0.1, 0.15) is 124 Å². The Labute approximate surface area is 473 Å². The molecule has 0 saturated carbocycles. The summed E-state index contributed by atoms with van der Waals surface area (Å²) in [4.78, 5) is 126. The van der Waals surface area contributed by atoms with E-state index in [2.05, 4.69) is 21.5 Å². The zero-order valence-corrected chi connectivity index (χ0v) is 49.1. The normalized spacial score (nSPS) is 17.5. The van der Waals surface area contributed by atoms with E-state index >= 15 is 0 Å². The van der Waals surface area contributed by atoms with Gasteiger partial charge in [0.1, 0.15) is 12.6 Å². The van der Waals surface area contributed by atoms with E-state index in [0.717, 1.165) is 16.0 Å². The van der Waals surface area contributed by atoms with E-state index in [4.69, 9.17) is 14.2 Å². The van der Waals surface area contributed by atoms with Crippen LogP contribution >= 0.6 is 0 Å². The van der Waals surface area contributed by atoms with E-state index in [0.29, 0.717) is 58.0 Å². The van der Waals surface area contributed by atoms with E-state index in [1.165, 1.54) is 19.3 Å². The van der Waals surface area contributed by atoms with Crippen molar-refractivity contribution in [3.63, 3.8) is 0 Å². The maximum Gasteiger partial charge on any atom is 0.329 e. The topological polar surface area (TPSA) is 242 Å². The molecular formula is C60H90N8O12. The fraction of sp³-hybridized carbons (Fsp3) is 0.617. The lowest BCUT2D eigenvalue weighted by atomic mass is 9.87. The molecule has 20 nitrogen and oxygen atoms in total. The first kappa shape index (κ1) is 66.2. The number of hydrazine groups is 1. The average Bonchev–Trinajstić information content (AvgIpc) is 4.06. The van der Waals surface area contributed by atoms with E-state index in [9.17, 15) is 43.2 Å². The van der Waals surface area contributed by atoms with Gasteiger partial charge in [-0.2, -0.15) is 0 Å². The number of rotatable bonds is 33. The Balaban J connectivity index is 1.35. The molecule has 2 aliphatic rings. The van der Waals surface area contributed by atoms with E-state index in [1.54, 1.807) is 30.9 Å². The molecule has 0 spiro atoms. The van der Waals surface area contributed by atoms with E-state index in [1.807, 2.05) is 114 Å². The van der Waals surface area contributed by atoms with Crippen molar-refractivity contribution >= 4 is 53.2 Å². The summed E-state index contributed by atoms with van der Waals surface area (Å²) in [5, 5.41) is 5.65. The minimum absolute atomic E-state index is 0.0289. The van der Waals surface area contributed by atoms with Crippen LogP contribution in [0.25, 0.3) is 0 Å². The van der Waals surface area contributed by atoms with Crippen molar-refractivity contribution in [2.75, 3.05) is 47.9 Å². The van der Waals surface area contributed by atoms with Crippen molar-refractivity contribution in [1.82, 2.24) is 41.1 Å². The molecule has 0 bridgehead atoms. The van der Waals surface area contributed by atoms with Crippen LogP contribution in [-0.2, 0) is 70.4 Å². The van der Waals surface area contributed by atoms with Crippen LogP contribution in [0.2, 0.25) is 0 Å². The second-order valence-electron chi connectivity index (χ2n) is 22.0. The Morgan fingerprint density at radius 1 is 0.713 bits per heavy atom.